The average molecular weight is 1090 g/mol. The number of hydrogen-bond donors (Lipinski definition) is 3. The molecule has 3 atom stereocenters. The third-order valence-corrected chi connectivity index (χ3v) is 14.1. The molecular formula is C64H64N8O9. The number of methoxy groups -OCH3 is 2. The number of aromatic nitrogens is 4. The minimum atomic E-state index is -0.971. The van der Waals surface area contributed by atoms with E-state index in [9.17, 15) is 19.2 Å². The molecule has 414 valence electrons. The van der Waals surface area contributed by atoms with Crippen molar-refractivity contribution >= 4 is 30.1 Å². The predicted molar refractivity (Wildman–Crippen MR) is 306 cm³/mol. The lowest BCUT2D eigenvalue weighted by atomic mass is 9.76. The van der Waals surface area contributed by atoms with E-state index in [1.807, 2.05) is 122 Å². The predicted octanol–water partition coefficient (Wildman–Crippen LogP) is 8.54. The molecule has 9 rings (SSSR count). The molecule has 0 radical (unpaired) electrons. The zero-order chi connectivity index (χ0) is 56.6. The van der Waals surface area contributed by atoms with Crippen LogP contribution in [0.15, 0.2) is 212 Å². The summed E-state index contributed by atoms with van der Waals surface area (Å²) in [5, 5.41) is 8.26. The van der Waals surface area contributed by atoms with Gasteiger partial charge < -0.3 is 43.5 Å². The van der Waals surface area contributed by atoms with Crippen LogP contribution in [-0.4, -0.2) is 102 Å². The van der Waals surface area contributed by atoms with E-state index in [0.29, 0.717) is 19.4 Å². The van der Waals surface area contributed by atoms with Crippen molar-refractivity contribution in [1.82, 2.24) is 35.1 Å². The second-order valence-corrected chi connectivity index (χ2v) is 19.3. The summed E-state index contributed by atoms with van der Waals surface area (Å²) >= 11 is 0. The van der Waals surface area contributed by atoms with Crippen molar-refractivity contribution in [3.63, 3.8) is 0 Å². The van der Waals surface area contributed by atoms with Gasteiger partial charge in [0, 0.05) is 71.0 Å². The van der Waals surface area contributed by atoms with Gasteiger partial charge in [-0.2, -0.15) is 0 Å². The number of nitrogens with zero attached hydrogens (tertiary/aromatic N) is 5. The minimum Gasteiger partial charge on any atom is -0.497 e. The van der Waals surface area contributed by atoms with Crippen molar-refractivity contribution in [3.05, 3.63) is 251 Å². The maximum atomic E-state index is 14.0. The Hall–Kier alpha value is -9.61. The van der Waals surface area contributed by atoms with Crippen LogP contribution in [0.5, 0.6) is 11.5 Å². The van der Waals surface area contributed by atoms with Crippen LogP contribution in [0.3, 0.4) is 0 Å². The van der Waals surface area contributed by atoms with Gasteiger partial charge in [-0.1, -0.05) is 146 Å². The number of hydrogen-bond acceptors (Lipinski definition) is 13. The van der Waals surface area contributed by atoms with E-state index >= 15 is 0 Å². The summed E-state index contributed by atoms with van der Waals surface area (Å²) in [7, 11) is 3.29. The molecule has 1 fully saturated rings. The first-order valence-corrected chi connectivity index (χ1v) is 26.6. The van der Waals surface area contributed by atoms with E-state index in [2.05, 4.69) is 103 Å². The molecule has 3 N–H and O–H groups in total. The van der Waals surface area contributed by atoms with E-state index in [4.69, 9.17) is 33.7 Å². The highest BCUT2D eigenvalue weighted by molar-refractivity contribution is 6.16. The van der Waals surface area contributed by atoms with Crippen molar-refractivity contribution in [2.45, 2.75) is 62.6 Å². The lowest BCUT2D eigenvalue weighted by Gasteiger charge is -2.37. The van der Waals surface area contributed by atoms with Crippen molar-refractivity contribution in [1.29, 1.82) is 0 Å². The summed E-state index contributed by atoms with van der Waals surface area (Å²) < 4.78 is 31.7. The Morgan fingerprint density at radius 2 is 1.09 bits per heavy atom. The molecule has 81 heavy (non-hydrogen) atoms. The molecule has 6 aromatic carbocycles. The topological polar surface area (TPSA) is 199 Å². The first-order chi connectivity index (χ1) is 39.5. The molecule has 0 saturated carbocycles. The number of esters is 2. The van der Waals surface area contributed by atoms with Crippen LogP contribution < -0.4 is 25.4 Å². The smallest absolute Gasteiger partial charge is 0.323 e. The standard InChI is InChI=1S/C64H64N8O9/c1-45(73)79-42-59-58(80-46(2)74)37-60(81-59)69-62(76)70-61(75)47(38-65-35-33-54-40-71(43-67-54)63(48-17-9-5-10-18-48,49-19-11-6-12-20-49)52-25-29-56(77-3)30-26-52)39-66-36-34-55-41-72(44-68-55)64(50-21-13-7-14-22-50,51-23-15-8-16-24-51)53-27-31-57(78-4)32-28-53/h5-32,38-41,43-44,58-60,65H,33-37,42H2,1-4H3,(H2,69,70,75,76)/b47-38+,66-39?/t58-,59+,60+/m0/s1. The van der Waals surface area contributed by atoms with Crippen molar-refractivity contribution < 1.29 is 42.9 Å². The van der Waals surface area contributed by atoms with Crippen LogP contribution >= 0.6 is 0 Å². The number of imide groups is 1. The third-order valence-electron chi connectivity index (χ3n) is 14.1. The van der Waals surface area contributed by atoms with Crippen LogP contribution in [-0.2, 0) is 52.5 Å². The summed E-state index contributed by atoms with van der Waals surface area (Å²) in [5.74, 6) is -0.393. The number of carbonyl (C=O) groups is 4. The monoisotopic (exact) mass is 1090 g/mol. The van der Waals surface area contributed by atoms with Crippen LogP contribution in [0.25, 0.3) is 0 Å². The van der Waals surface area contributed by atoms with Gasteiger partial charge in [-0.05, 0) is 57.6 Å². The fraction of sp³-hybridized carbons (Fsp3) is 0.234. The normalized spacial score (nSPS) is 15.4. The van der Waals surface area contributed by atoms with E-state index in [1.54, 1.807) is 14.2 Å². The second kappa shape index (κ2) is 26.4. The fourth-order valence-electron chi connectivity index (χ4n) is 10.4. The number of benzene rings is 6. The number of carbonyl (C=O) groups excluding carboxylic acids is 4. The van der Waals surface area contributed by atoms with Gasteiger partial charge in [-0.3, -0.25) is 24.7 Å². The Bertz CT molecular complexity index is 3340. The number of nitrogens with one attached hydrogen (secondary N) is 3. The van der Waals surface area contributed by atoms with Gasteiger partial charge in [0.1, 0.15) is 47.6 Å². The second-order valence-electron chi connectivity index (χ2n) is 19.3. The molecule has 0 spiro atoms. The molecule has 8 aromatic rings. The van der Waals surface area contributed by atoms with Crippen LogP contribution in [0, 0.1) is 0 Å². The van der Waals surface area contributed by atoms with Gasteiger partial charge >= 0.3 is 18.0 Å². The maximum absolute atomic E-state index is 14.0. The number of aliphatic imine (C=N–C) groups is 1. The molecule has 17 nitrogen and oxygen atoms in total. The zero-order valence-corrected chi connectivity index (χ0v) is 45.5. The maximum Gasteiger partial charge on any atom is 0.323 e. The van der Waals surface area contributed by atoms with Gasteiger partial charge in [-0.15, -0.1) is 0 Å². The van der Waals surface area contributed by atoms with Crippen molar-refractivity contribution in [2.75, 3.05) is 33.9 Å². The molecule has 3 heterocycles. The van der Waals surface area contributed by atoms with E-state index in [0.717, 1.165) is 56.3 Å². The van der Waals surface area contributed by atoms with Gasteiger partial charge in [0.15, 0.2) is 0 Å². The Kier molecular flexibility index (Phi) is 18.3. The molecule has 0 aliphatic carbocycles. The van der Waals surface area contributed by atoms with Gasteiger partial charge in [0.05, 0.1) is 43.8 Å². The molecule has 3 amide bonds. The number of imidazole rings is 2. The first-order valence-electron chi connectivity index (χ1n) is 26.6. The van der Waals surface area contributed by atoms with Crippen molar-refractivity contribution in [3.8, 4) is 11.5 Å². The quantitative estimate of drug-likeness (QED) is 0.0182. The molecule has 1 aliphatic heterocycles. The van der Waals surface area contributed by atoms with E-state index in [-0.39, 0.29) is 25.1 Å². The minimum absolute atomic E-state index is 0.0532. The molecule has 17 heteroatoms. The van der Waals surface area contributed by atoms with Gasteiger partial charge in [0.2, 0.25) is 0 Å². The van der Waals surface area contributed by atoms with E-state index in [1.165, 1.54) is 26.3 Å². The number of urea groups is 1. The fourth-order valence-corrected chi connectivity index (χ4v) is 10.4. The molecular weight excluding hydrogens is 1020 g/mol. The lowest BCUT2D eigenvalue weighted by molar-refractivity contribution is -0.155. The molecule has 0 bridgehead atoms. The highest BCUT2D eigenvalue weighted by Gasteiger charge is 2.41. The number of ether oxygens (including phenoxy) is 5. The van der Waals surface area contributed by atoms with Gasteiger partial charge in [0.25, 0.3) is 5.91 Å². The molecule has 1 aliphatic rings. The Morgan fingerprint density at radius 3 is 1.53 bits per heavy atom. The number of rotatable bonds is 23. The SMILES string of the molecule is COc1ccc(C(c2ccccc2)(c2ccccc2)n2cnc(CCN=C/C(=C\NCCc3cn(C(c4ccccc4)(c4ccccc4)c4ccc(OC)cc4)cn3)C(=O)NC(=O)N[C@H]3C[C@H](OC(C)=O)[C@@H](COC(C)=O)O3)c2)cc1. The Morgan fingerprint density at radius 1 is 0.630 bits per heavy atom. The third kappa shape index (κ3) is 13.0. The largest absolute Gasteiger partial charge is 0.497 e. The Balaban J connectivity index is 0.955. The molecule has 2 aromatic heterocycles. The highest BCUT2D eigenvalue weighted by Crippen LogP contribution is 2.43. The first kappa shape index (κ1) is 56.1. The summed E-state index contributed by atoms with van der Waals surface area (Å²) in [5.41, 5.74) is 6.11. The summed E-state index contributed by atoms with van der Waals surface area (Å²) in [6.45, 7) is 2.89. The van der Waals surface area contributed by atoms with E-state index < -0.39 is 53.4 Å². The zero-order valence-electron chi connectivity index (χ0n) is 45.5. The van der Waals surface area contributed by atoms with Crippen LogP contribution in [0.4, 0.5) is 4.79 Å². The van der Waals surface area contributed by atoms with Crippen LogP contribution in [0.1, 0.15) is 65.0 Å². The summed E-state index contributed by atoms with van der Waals surface area (Å²) in [6, 6.07) is 56.3. The van der Waals surface area contributed by atoms with Crippen molar-refractivity contribution in [2.24, 2.45) is 4.99 Å². The highest BCUT2D eigenvalue weighted by atomic mass is 16.6. The summed E-state index contributed by atoms with van der Waals surface area (Å²) in [4.78, 5) is 65.4. The molecule has 1 saturated heterocycles. The van der Waals surface area contributed by atoms with Crippen LogP contribution in [0.2, 0.25) is 0 Å². The van der Waals surface area contributed by atoms with Gasteiger partial charge in [-0.25, -0.2) is 14.8 Å². The summed E-state index contributed by atoms with van der Waals surface area (Å²) in [6.07, 6.45) is 8.96. The Labute approximate surface area is 470 Å². The number of amides is 3. The average Bonchev–Trinajstić information content (AvgIpc) is 3.94. The lowest BCUT2D eigenvalue weighted by Crippen LogP contribution is -2.45. The molecule has 0 unspecified atom stereocenters.